The molecule has 2 unspecified atom stereocenters. The van der Waals surface area contributed by atoms with Gasteiger partial charge in [0.1, 0.15) is 0 Å². The molecule has 88 valence electrons. The highest BCUT2D eigenvalue weighted by Crippen LogP contribution is 2.29. The van der Waals surface area contributed by atoms with Crippen molar-refractivity contribution in [2.45, 2.75) is 64.8 Å². The Balaban J connectivity index is 1.65. The average molecular weight is 209 g/mol. The molecule has 2 fully saturated rings. The van der Waals surface area contributed by atoms with E-state index in [4.69, 9.17) is 0 Å². The molecule has 2 rings (SSSR count). The highest BCUT2D eigenvalue weighted by molar-refractivity contribution is 4.82. The Morgan fingerprint density at radius 2 is 1.67 bits per heavy atom. The summed E-state index contributed by atoms with van der Waals surface area (Å²) in [5.74, 6) is 2.90. The van der Waals surface area contributed by atoms with E-state index in [-0.39, 0.29) is 0 Å². The Kier molecular flexibility index (Phi) is 4.07. The summed E-state index contributed by atoms with van der Waals surface area (Å²) < 4.78 is 0. The molecule has 0 spiro atoms. The molecule has 0 aliphatic heterocycles. The van der Waals surface area contributed by atoms with E-state index in [0.717, 1.165) is 23.8 Å². The van der Waals surface area contributed by atoms with Crippen LogP contribution in [0.2, 0.25) is 0 Å². The zero-order chi connectivity index (χ0) is 10.7. The second-order valence-electron chi connectivity index (χ2n) is 6.05. The first-order chi connectivity index (χ1) is 7.25. The summed E-state index contributed by atoms with van der Waals surface area (Å²) in [6.45, 7) is 6.11. The molecule has 0 aromatic heterocycles. The van der Waals surface area contributed by atoms with Crippen molar-refractivity contribution < 1.29 is 0 Å². The van der Waals surface area contributed by atoms with Crippen LogP contribution in [0, 0.1) is 17.8 Å². The molecule has 1 N–H and O–H groups in total. The van der Waals surface area contributed by atoms with E-state index in [1.165, 1.54) is 51.5 Å². The van der Waals surface area contributed by atoms with Gasteiger partial charge in [-0.3, -0.25) is 0 Å². The molecule has 0 saturated heterocycles. The third kappa shape index (κ3) is 3.21. The highest BCUT2D eigenvalue weighted by Gasteiger charge is 2.24. The van der Waals surface area contributed by atoms with Crippen LogP contribution in [0.15, 0.2) is 0 Å². The van der Waals surface area contributed by atoms with E-state index in [1.54, 1.807) is 0 Å². The van der Waals surface area contributed by atoms with E-state index < -0.39 is 0 Å². The molecule has 15 heavy (non-hydrogen) atoms. The zero-order valence-corrected chi connectivity index (χ0v) is 10.5. The number of hydrogen-bond acceptors (Lipinski definition) is 1. The van der Waals surface area contributed by atoms with Crippen molar-refractivity contribution in [2.24, 2.45) is 17.8 Å². The van der Waals surface area contributed by atoms with Crippen LogP contribution in [-0.4, -0.2) is 12.6 Å². The molecular weight excluding hydrogens is 182 g/mol. The second-order valence-corrected chi connectivity index (χ2v) is 6.05. The van der Waals surface area contributed by atoms with Gasteiger partial charge in [0.05, 0.1) is 0 Å². The van der Waals surface area contributed by atoms with Crippen LogP contribution in [0.3, 0.4) is 0 Å². The molecule has 0 aromatic carbocycles. The van der Waals surface area contributed by atoms with Gasteiger partial charge in [-0.25, -0.2) is 0 Å². The van der Waals surface area contributed by atoms with Crippen LogP contribution in [0.4, 0.5) is 0 Å². The molecule has 1 heteroatoms. The van der Waals surface area contributed by atoms with Crippen LogP contribution >= 0.6 is 0 Å². The third-order valence-corrected chi connectivity index (χ3v) is 4.67. The summed E-state index contributed by atoms with van der Waals surface area (Å²) in [6.07, 6.45) is 10.2. The smallest absolute Gasteiger partial charge is 0.00928 e. The summed E-state index contributed by atoms with van der Waals surface area (Å²) in [6, 6.07) is 0.837. The predicted octanol–water partition coefficient (Wildman–Crippen LogP) is 3.59. The Labute approximate surface area is 95.0 Å². The molecular formula is C14H27N. The SMILES string of the molecule is CC1CCC(CNC2CCCC2C)CC1. The first-order valence-corrected chi connectivity index (χ1v) is 6.99. The van der Waals surface area contributed by atoms with E-state index in [1.807, 2.05) is 0 Å². The van der Waals surface area contributed by atoms with Crippen molar-refractivity contribution in [1.82, 2.24) is 5.32 Å². The van der Waals surface area contributed by atoms with Gasteiger partial charge in [-0.1, -0.05) is 33.1 Å². The summed E-state index contributed by atoms with van der Waals surface area (Å²) in [5.41, 5.74) is 0. The largest absolute Gasteiger partial charge is 0.313 e. The number of nitrogens with one attached hydrogen (secondary N) is 1. The molecule has 2 aliphatic carbocycles. The lowest BCUT2D eigenvalue weighted by atomic mass is 9.83. The van der Waals surface area contributed by atoms with Crippen LogP contribution in [0.5, 0.6) is 0 Å². The third-order valence-electron chi connectivity index (χ3n) is 4.67. The fourth-order valence-corrected chi connectivity index (χ4v) is 3.30. The van der Waals surface area contributed by atoms with Crippen LogP contribution < -0.4 is 5.32 Å². The van der Waals surface area contributed by atoms with Gasteiger partial charge >= 0.3 is 0 Å². The topological polar surface area (TPSA) is 12.0 Å². The highest BCUT2D eigenvalue weighted by atomic mass is 14.9. The van der Waals surface area contributed by atoms with Crippen LogP contribution in [0.25, 0.3) is 0 Å². The molecule has 0 radical (unpaired) electrons. The fraction of sp³-hybridized carbons (Fsp3) is 1.00. The molecule has 1 nitrogen and oxygen atoms in total. The van der Waals surface area contributed by atoms with Gasteiger partial charge in [0.2, 0.25) is 0 Å². The van der Waals surface area contributed by atoms with E-state index >= 15 is 0 Å². The van der Waals surface area contributed by atoms with E-state index in [9.17, 15) is 0 Å². The minimum absolute atomic E-state index is 0.837. The van der Waals surface area contributed by atoms with Gasteiger partial charge in [-0.2, -0.15) is 0 Å². The summed E-state index contributed by atoms with van der Waals surface area (Å²) >= 11 is 0. The lowest BCUT2D eigenvalue weighted by Gasteiger charge is -2.28. The molecule has 2 atom stereocenters. The number of rotatable bonds is 3. The summed E-state index contributed by atoms with van der Waals surface area (Å²) in [4.78, 5) is 0. The molecule has 0 bridgehead atoms. The summed E-state index contributed by atoms with van der Waals surface area (Å²) in [7, 11) is 0. The molecule has 0 amide bonds. The quantitative estimate of drug-likeness (QED) is 0.749. The first kappa shape index (κ1) is 11.4. The van der Waals surface area contributed by atoms with E-state index in [2.05, 4.69) is 19.2 Å². The molecule has 2 aliphatic rings. The maximum atomic E-state index is 3.82. The van der Waals surface area contributed by atoms with E-state index in [0.29, 0.717) is 0 Å². The van der Waals surface area contributed by atoms with Gasteiger partial charge in [0.15, 0.2) is 0 Å². The van der Waals surface area contributed by atoms with Crippen molar-refractivity contribution in [1.29, 1.82) is 0 Å². The summed E-state index contributed by atoms with van der Waals surface area (Å²) in [5, 5.41) is 3.82. The van der Waals surface area contributed by atoms with Gasteiger partial charge in [0, 0.05) is 6.04 Å². The average Bonchev–Trinajstić information content (AvgIpc) is 2.63. The number of hydrogen-bond donors (Lipinski definition) is 1. The molecule has 2 saturated carbocycles. The lowest BCUT2D eigenvalue weighted by Crippen LogP contribution is -2.36. The molecule has 0 aromatic rings. The first-order valence-electron chi connectivity index (χ1n) is 6.99. The standard InChI is InChI=1S/C14H27N/c1-11-6-8-13(9-7-11)10-15-14-5-3-4-12(14)2/h11-15H,3-10H2,1-2H3. The van der Waals surface area contributed by atoms with Crippen LogP contribution in [0.1, 0.15) is 58.8 Å². The van der Waals surface area contributed by atoms with Crippen LogP contribution in [-0.2, 0) is 0 Å². The monoisotopic (exact) mass is 209 g/mol. The van der Waals surface area contributed by atoms with Gasteiger partial charge in [-0.05, 0) is 50.0 Å². The second kappa shape index (κ2) is 5.34. The predicted molar refractivity (Wildman–Crippen MR) is 65.9 cm³/mol. The minimum atomic E-state index is 0.837. The van der Waals surface area contributed by atoms with Crippen molar-refractivity contribution in [3.05, 3.63) is 0 Å². The van der Waals surface area contributed by atoms with Gasteiger partial charge in [0.25, 0.3) is 0 Å². The van der Waals surface area contributed by atoms with Crippen molar-refractivity contribution in [2.75, 3.05) is 6.54 Å². The maximum absolute atomic E-state index is 3.82. The van der Waals surface area contributed by atoms with Crippen molar-refractivity contribution >= 4 is 0 Å². The normalized spacial score (nSPS) is 42.0. The Morgan fingerprint density at radius 1 is 0.933 bits per heavy atom. The Bertz CT molecular complexity index is 182. The lowest BCUT2D eigenvalue weighted by molar-refractivity contribution is 0.267. The Morgan fingerprint density at radius 3 is 2.27 bits per heavy atom. The molecule has 0 heterocycles. The van der Waals surface area contributed by atoms with Crippen molar-refractivity contribution in [3.8, 4) is 0 Å². The Hall–Kier alpha value is -0.0400. The van der Waals surface area contributed by atoms with Gasteiger partial charge in [-0.15, -0.1) is 0 Å². The maximum Gasteiger partial charge on any atom is 0.00928 e. The minimum Gasteiger partial charge on any atom is -0.313 e. The van der Waals surface area contributed by atoms with Crippen molar-refractivity contribution in [3.63, 3.8) is 0 Å². The zero-order valence-electron chi connectivity index (χ0n) is 10.5. The van der Waals surface area contributed by atoms with Gasteiger partial charge < -0.3 is 5.32 Å². The fourth-order valence-electron chi connectivity index (χ4n) is 3.30.